The Kier molecular flexibility index (Phi) is 12.9. The molecule has 0 aliphatic heterocycles. The second kappa shape index (κ2) is 9.98. The molecule has 3 amide bonds. The minimum atomic E-state index is -4.89. The minimum Gasteiger partial charge on any atom is -0.756 e. The van der Waals surface area contributed by atoms with Gasteiger partial charge in [0.1, 0.15) is 4.32 Å². The fourth-order valence-electron chi connectivity index (χ4n) is 0.795. The van der Waals surface area contributed by atoms with Crippen molar-refractivity contribution in [2.75, 3.05) is 0 Å². The number of urea groups is 1. The summed E-state index contributed by atoms with van der Waals surface area (Å²) in [6.45, 7) is 3.72. The number of hydrogen-bond donors (Lipinski definition) is 4. The quantitative estimate of drug-likeness (QED) is 0.238. The van der Waals surface area contributed by atoms with E-state index in [4.69, 9.17) is 25.0 Å². The van der Waals surface area contributed by atoms with E-state index in [9.17, 15) is 9.59 Å². The number of imide groups is 1. The third-order valence-electron chi connectivity index (χ3n) is 1.76. The van der Waals surface area contributed by atoms with Gasteiger partial charge in [0.15, 0.2) is 0 Å². The maximum absolute atomic E-state index is 11.3. The van der Waals surface area contributed by atoms with Gasteiger partial charge in [-0.2, -0.15) is 0 Å². The van der Waals surface area contributed by atoms with Crippen molar-refractivity contribution in [3.8, 4) is 0 Å². The molecule has 0 saturated heterocycles. The predicted molar refractivity (Wildman–Crippen MR) is 62.0 cm³/mol. The molecule has 11 heteroatoms. The monoisotopic (exact) mass is 340 g/mol. The third-order valence-corrected chi connectivity index (χ3v) is 3.25. The molecule has 0 saturated carbocycles. The zero-order valence-corrected chi connectivity index (χ0v) is 12.8. The van der Waals surface area contributed by atoms with Crippen LogP contribution in [0.5, 0.6) is 0 Å². The number of hydrogen-bond acceptors (Lipinski definition) is 4. The Morgan fingerprint density at radius 2 is 1.67 bits per heavy atom. The maximum atomic E-state index is 11.3. The first kappa shape index (κ1) is 23.2. The predicted octanol–water partition coefficient (Wildman–Crippen LogP) is -3.42. The summed E-state index contributed by atoms with van der Waals surface area (Å²) in [5, 5.41) is 2.04. The number of primary amides is 1. The summed E-state index contributed by atoms with van der Waals surface area (Å²) < 4.78 is 8.11. The molecule has 0 rings (SSSR count). The Morgan fingerprint density at radius 1 is 1.39 bits per heavy atom. The summed E-state index contributed by atoms with van der Waals surface area (Å²) in [7, 11) is -4.89. The molecule has 8 nitrogen and oxygen atoms in total. The van der Waals surface area contributed by atoms with Crippen molar-refractivity contribution in [1.29, 1.82) is 0 Å². The SMILES string of the molecule is CCC(Br)(CC)C(=O)NC(N)=O.O=P([O-])(O)O.[Li+]. The van der Waals surface area contributed by atoms with Gasteiger partial charge in [-0.25, -0.2) is 4.79 Å². The van der Waals surface area contributed by atoms with Gasteiger partial charge in [0.05, 0.1) is 0 Å². The first-order valence-corrected chi connectivity index (χ1v) is 6.85. The molecule has 102 valence electrons. The summed E-state index contributed by atoms with van der Waals surface area (Å²) in [6, 6.07) is -0.814. The van der Waals surface area contributed by atoms with Crippen LogP contribution >= 0.6 is 23.8 Å². The van der Waals surface area contributed by atoms with Gasteiger partial charge in [0.2, 0.25) is 5.91 Å². The van der Waals surface area contributed by atoms with Crippen LogP contribution in [0.25, 0.3) is 0 Å². The standard InChI is InChI=1S/C7H13BrN2O2.Li.H3O4P/c1-3-7(8,4-2)5(11)10-6(9)12;;1-5(2,3)4/h3-4H2,1-2H3,(H3,9,10,11,12);;(H3,1,2,3,4)/q;+1;/p-1. The van der Waals surface area contributed by atoms with Crippen LogP contribution in [0, 0.1) is 0 Å². The second-order valence-electron chi connectivity index (χ2n) is 2.98. The molecule has 5 N–H and O–H groups in total. The van der Waals surface area contributed by atoms with E-state index in [0.29, 0.717) is 12.8 Å². The van der Waals surface area contributed by atoms with Crippen LogP contribution in [0.2, 0.25) is 0 Å². The molecule has 0 aliphatic carbocycles. The molecule has 0 fully saturated rings. The molecule has 0 aliphatic rings. The van der Waals surface area contributed by atoms with Gasteiger partial charge in [-0.05, 0) is 12.8 Å². The van der Waals surface area contributed by atoms with Gasteiger partial charge >= 0.3 is 24.9 Å². The molecule has 0 radical (unpaired) electrons. The van der Waals surface area contributed by atoms with Crippen molar-refractivity contribution in [1.82, 2.24) is 5.32 Å². The normalized spacial score (nSPS) is 10.6. The molecule has 0 aromatic rings. The van der Waals surface area contributed by atoms with Gasteiger partial charge < -0.3 is 20.4 Å². The van der Waals surface area contributed by atoms with Gasteiger partial charge in [0.25, 0.3) is 7.82 Å². The Hall–Kier alpha value is 0.127. The van der Waals surface area contributed by atoms with E-state index in [1.54, 1.807) is 0 Å². The Morgan fingerprint density at radius 3 is 1.83 bits per heavy atom. The van der Waals surface area contributed by atoms with Crippen LogP contribution in [0.15, 0.2) is 0 Å². The average Bonchev–Trinajstić information content (AvgIpc) is 2.12. The molecular weight excluding hydrogens is 326 g/mol. The Balaban J connectivity index is -0.000000321. The molecule has 0 unspecified atom stereocenters. The van der Waals surface area contributed by atoms with Gasteiger partial charge in [-0.1, -0.05) is 29.8 Å². The summed E-state index contributed by atoms with van der Waals surface area (Å²) in [4.78, 5) is 44.6. The van der Waals surface area contributed by atoms with Crippen LogP contribution < -0.4 is 34.8 Å². The average molecular weight is 341 g/mol. The van der Waals surface area contributed by atoms with E-state index in [1.165, 1.54) is 0 Å². The zero-order chi connectivity index (χ0) is 14.3. The van der Waals surface area contributed by atoms with Crippen LogP contribution in [0.3, 0.4) is 0 Å². The first-order chi connectivity index (χ1) is 7.46. The van der Waals surface area contributed by atoms with E-state index < -0.39 is 18.2 Å². The first-order valence-electron chi connectivity index (χ1n) is 4.52. The Labute approximate surface area is 125 Å². The fraction of sp³-hybridized carbons (Fsp3) is 0.714. The van der Waals surface area contributed by atoms with Gasteiger partial charge in [0, 0.05) is 0 Å². The van der Waals surface area contributed by atoms with Gasteiger partial charge in [-0.15, -0.1) is 0 Å². The summed E-state index contributed by atoms with van der Waals surface area (Å²) in [6.07, 6.45) is 1.23. The van der Waals surface area contributed by atoms with Crippen molar-refractivity contribution in [2.24, 2.45) is 5.73 Å². The number of nitrogens with one attached hydrogen (secondary N) is 1. The van der Waals surface area contributed by atoms with E-state index in [1.807, 2.05) is 19.2 Å². The summed E-state index contributed by atoms with van der Waals surface area (Å²) in [5.74, 6) is -0.375. The van der Waals surface area contributed by atoms with Crippen molar-refractivity contribution in [2.45, 2.75) is 31.0 Å². The van der Waals surface area contributed by atoms with Crippen molar-refractivity contribution >= 4 is 35.7 Å². The number of phosphoric acid groups is 1. The number of carbonyl (C=O) groups excluding carboxylic acids is 2. The topological polar surface area (TPSA) is 153 Å². The molecular formula is C7H15BrLiN2O6P. The number of nitrogens with two attached hydrogens (primary N) is 1. The van der Waals surface area contributed by atoms with Crippen molar-refractivity contribution in [3.05, 3.63) is 0 Å². The van der Waals surface area contributed by atoms with Crippen LogP contribution in [-0.2, 0) is 9.36 Å². The largest absolute Gasteiger partial charge is 1.00 e. The van der Waals surface area contributed by atoms with Crippen LogP contribution in [0.4, 0.5) is 4.79 Å². The van der Waals surface area contributed by atoms with E-state index in [-0.39, 0.29) is 24.8 Å². The minimum absolute atomic E-state index is 0. The molecule has 0 heterocycles. The molecule has 0 aromatic carbocycles. The number of alkyl halides is 1. The second-order valence-corrected chi connectivity index (χ2v) is 5.48. The number of halogens is 1. The third kappa shape index (κ3) is 14.2. The van der Waals surface area contributed by atoms with E-state index in [0.717, 1.165) is 0 Å². The van der Waals surface area contributed by atoms with Crippen LogP contribution in [0.1, 0.15) is 26.7 Å². The zero-order valence-electron chi connectivity index (χ0n) is 10.3. The van der Waals surface area contributed by atoms with E-state index in [2.05, 4.69) is 15.9 Å². The fourth-order valence-corrected chi connectivity index (χ4v) is 0.894. The maximum Gasteiger partial charge on any atom is 1.00 e. The van der Waals surface area contributed by atoms with Gasteiger partial charge in [-0.3, -0.25) is 14.7 Å². The molecule has 0 bridgehead atoms. The summed E-state index contributed by atoms with van der Waals surface area (Å²) in [5.41, 5.74) is 4.81. The smallest absolute Gasteiger partial charge is 0.756 e. The molecule has 0 spiro atoms. The van der Waals surface area contributed by atoms with E-state index >= 15 is 0 Å². The number of rotatable bonds is 3. The molecule has 18 heavy (non-hydrogen) atoms. The number of amides is 3. The Bertz CT molecular complexity index is 311. The molecule has 0 atom stereocenters. The van der Waals surface area contributed by atoms with Crippen LogP contribution in [-0.4, -0.2) is 26.0 Å². The van der Waals surface area contributed by atoms with Crippen molar-refractivity contribution < 1.29 is 47.7 Å². The summed E-state index contributed by atoms with van der Waals surface area (Å²) >= 11 is 3.26. The van der Waals surface area contributed by atoms with Crippen molar-refractivity contribution in [3.63, 3.8) is 0 Å². The molecule has 0 aromatic heterocycles. The number of carbonyl (C=O) groups is 2.